The first kappa shape index (κ1) is 14.1. The van der Waals surface area contributed by atoms with Crippen LogP contribution in [0.2, 0.25) is 0 Å². The van der Waals surface area contributed by atoms with Gasteiger partial charge in [0.1, 0.15) is 0 Å². The highest BCUT2D eigenvalue weighted by Crippen LogP contribution is 2.33. The zero-order valence-electron chi connectivity index (χ0n) is 12.5. The van der Waals surface area contributed by atoms with Crippen molar-refractivity contribution in [3.8, 4) is 0 Å². The SMILES string of the molecule is NC(CCc1ccccc1)CN(CC1CC1)CC1CC1. The van der Waals surface area contributed by atoms with E-state index in [1.165, 1.54) is 44.3 Å². The van der Waals surface area contributed by atoms with Gasteiger partial charge in [0.25, 0.3) is 0 Å². The summed E-state index contributed by atoms with van der Waals surface area (Å²) in [7, 11) is 0. The van der Waals surface area contributed by atoms with E-state index in [0.29, 0.717) is 6.04 Å². The summed E-state index contributed by atoms with van der Waals surface area (Å²) < 4.78 is 0. The van der Waals surface area contributed by atoms with Gasteiger partial charge in [0.2, 0.25) is 0 Å². The third-order valence-electron chi connectivity index (χ3n) is 4.57. The van der Waals surface area contributed by atoms with Gasteiger partial charge in [-0.05, 0) is 55.9 Å². The van der Waals surface area contributed by atoms with Gasteiger partial charge in [-0.1, -0.05) is 30.3 Å². The molecule has 0 heterocycles. The molecule has 0 amide bonds. The average molecular weight is 272 g/mol. The number of nitrogens with two attached hydrogens (primary N) is 1. The van der Waals surface area contributed by atoms with E-state index in [9.17, 15) is 0 Å². The minimum absolute atomic E-state index is 0.327. The van der Waals surface area contributed by atoms with Crippen LogP contribution in [-0.4, -0.2) is 30.6 Å². The van der Waals surface area contributed by atoms with Crippen molar-refractivity contribution in [2.24, 2.45) is 17.6 Å². The molecule has 1 unspecified atom stereocenters. The van der Waals surface area contributed by atoms with Gasteiger partial charge in [0.05, 0.1) is 0 Å². The topological polar surface area (TPSA) is 29.3 Å². The van der Waals surface area contributed by atoms with Crippen LogP contribution < -0.4 is 5.73 Å². The molecule has 2 N–H and O–H groups in total. The maximum absolute atomic E-state index is 6.37. The molecule has 0 bridgehead atoms. The molecule has 2 aliphatic carbocycles. The van der Waals surface area contributed by atoms with Crippen LogP contribution in [0.4, 0.5) is 0 Å². The Balaban J connectivity index is 1.41. The summed E-state index contributed by atoms with van der Waals surface area (Å²) in [5.74, 6) is 1.96. The molecule has 0 radical (unpaired) electrons. The maximum Gasteiger partial charge on any atom is 0.0170 e. The van der Waals surface area contributed by atoms with E-state index >= 15 is 0 Å². The maximum atomic E-state index is 6.37. The fourth-order valence-corrected chi connectivity index (χ4v) is 2.97. The first-order valence-corrected chi connectivity index (χ1v) is 8.31. The number of benzene rings is 1. The molecule has 2 saturated carbocycles. The van der Waals surface area contributed by atoms with Gasteiger partial charge in [-0.15, -0.1) is 0 Å². The van der Waals surface area contributed by atoms with Crippen LogP contribution in [0.25, 0.3) is 0 Å². The molecule has 1 atom stereocenters. The van der Waals surface area contributed by atoms with E-state index in [4.69, 9.17) is 5.73 Å². The lowest BCUT2D eigenvalue weighted by atomic mass is 10.1. The number of hydrogen-bond donors (Lipinski definition) is 1. The van der Waals surface area contributed by atoms with Crippen molar-refractivity contribution >= 4 is 0 Å². The van der Waals surface area contributed by atoms with Gasteiger partial charge in [-0.25, -0.2) is 0 Å². The van der Waals surface area contributed by atoms with E-state index < -0.39 is 0 Å². The first-order valence-electron chi connectivity index (χ1n) is 8.31. The van der Waals surface area contributed by atoms with Gasteiger partial charge in [0, 0.05) is 25.7 Å². The number of rotatable bonds is 9. The Morgan fingerprint density at radius 3 is 2.15 bits per heavy atom. The number of nitrogens with zero attached hydrogens (tertiary/aromatic N) is 1. The predicted octanol–water partition coefficient (Wildman–Crippen LogP) is 3.07. The van der Waals surface area contributed by atoms with Gasteiger partial charge in [-0.3, -0.25) is 0 Å². The Kier molecular flexibility index (Phi) is 4.74. The molecular weight excluding hydrogens is 244 g/mol. The largest absolute Gasteiger partial charge is 0.327 e. The Hall–Kier alpha value is -0.860. The van der Waals surface area contributed by atoms with Crippen molar-refractivity contribution in [3.05, 3.63) is 35.9 Å². The monoisotopic (exact) mass is 272 g/mol. The Morgan fingerprint density at radius 1 is 1.00 bits per heavy atom. The van der Waals surface area contributed by atoms with Crippen LogP contribution in [0, 0.1) is 11.8 Å². The fraction of sp³-hybridized carbons (Fsp3) is 0.667. The number of aryl methyl sites for hydroxylation is 1. The first-order chi connectivity index (χ1) is 9.79. The Labute approximate surface area is 123 Å². The molecule has 20 heavy (non-hydrogen) atoms. The molecule has 2 heteroatoms. The number of hydrogen-bond acceptors (Lipinski definition) is 2. The van der Waals surface area contributed by atoms with Crippen molar-refractivity contribution in [2.45, 2.75) is 44.6 Å². The highest BCUT2D eigenvalue weighted by atomic mass is 15.1. The zero-order valence-corrected chi connectivity index (χ0v) is 12.5. The minimum atomic E-state index is 0.327. The van der Waals surface area contributed by atoms with Crippen molar-refractivity contribution < 1.29 is 0 Å². The second kappa shape index (κ2) is 6.73. The summed E-state index contributed by atoms with van der Waals surface area (Å²) in [6.45, 7) is 3.70. The van der Waals surface area contributed by atoms with Crippen LogP contribution in [-0.2, 0) is 6.42 Å². The van der Waals surface area contributed by atoms with Crippen LogP contribution in [0.3, 0.4) is 0 Å². The van der Waals surface area contributed by atoms with Gasteiger partial charge >= 0.3 is 0 Å². The van der Waals surface area contributed by atoms with Crippen LogP contribution in [0.15, 0.2) is 30.3 Å². The van der Waals surface area contributed by atoms with Gasteiger partial charge in [0.15, 0.2) is 0 Å². The Morgan fingerprint density at radius 2 is 1.60 bits per heavy atom. The molecular formula is C18H28N2. The van der Waals surface area contributed by atoms with E-state index in [1.807, 2.05) is 0 Å². The lowest BCUT2D eigenvalue weighted by Crippen LogP contribution is -2.40. The van der Waals surface area contributed by atoms with Crippen LogP contribution >= 0.6 is 0 Å². The summed E-state index contributed by atoms with van der Waals surface area (Å²) in [5.41, 5.74) is 7.79. The molecule has 2 fully saturated rings. The summed E-state index contributed by atoms with van der Waals surface area (Å²) in [6.07, 6.45) is 8.00. The van der Waals surface area contributed by atoms with Gasteiger partial charge in [-0.2, -0.15) is 0 Å². The lowest BCUT2D eigenvalue weighted by molar-refractivity contribution is 0.234. The molecule has 0 aromatic heterocycles. The highest BCUT2D eigenvalue weighted by Gasteiger charge is 2.29. The molecule has 0 aliphatic heterocycles. The summed E-state index contributed by atoms with van der Waals surface area (Å²) in [6, 6.07) is 11.1. The molecule has 3 rings (SSSR count). The lowest BCUT2D eigenvalue weighted by Gasteiger charge is -2.25. The van der Waals surface area contributed by atoms with E-state index in [-0.39, 0.29) is 0 Å². The van der Waals surface area contributed by atoms with E-state index in [2.05, 4.69) is 35.2 Å². The predicted molar refractivity (Wildman–Crippen MR) is 84.6 cm³/mol. The Bertz CT molecular complexity index is 381. The third kappa shape index (κ3) is 4.92. The molecule has 0 saturated heterocycles. The van der Waals surface area contributed by atoms with Crippen molar-refractivity contribution in [3.63, 3.8) is 0 Å². The molecule has 2 nitrogen and oxygen atoms in total. The second-order valence-corrected chi connectivity index (χ2v) is 6.89. The summed E-state index contributed by atoms with van der Waals surface area (Å²) >= 11 is 0. The van der Waals surface area contributed by atoms with Crippen molar-refractivity contribution in [1.29, 1.82) is 0 Å². The molecule has 2 aliphatic rings. The second-order valence-electron chi connectivity index (χ2n) is 6.89. The molecule has 1 aromatic carbocycles. The van der Waals surface area contributed by atoms with Crippen molar-refractivity contribution in [1.82, 2.24) is 4.90 Å². The molecule has 110 valence electrons. The standard InChI is InChI=1S/C18H28N2/c19-18(11-10-15-4-2-1-3-5-15)14-20(12-16-6-7-16)13-17-8-9-17/h1-5,16-18H,6-14,19H2. The summed E-state index contributed by atoms with van der Waals surface area (Å²) in [5, 5.41) is 0. The smallest absolute Gasteiger partial charge is 0.0170 e. The van der Waals surface area contributed by atoms with E-state index in [1.54, 1.807) is 0 Å². The zero-order chi connectivity index (χ0) is 13.8. The van der Waals surface area contributed by atoms with E-state index in [0.717, 1.165) is 31.2 Å². The van der Waals surface area contributed by atoms with Crippen molar-refractivity contribution in [2.75, 3.05) is 19.6 Å². The quantitative estimate of drug-likeness (QED) is 0.748. The third-order valence-corrected chi connectivity index (χ3v) is 4.57. The van der Waals surface area contributed by atoms with Crippen LogP contribution in [0.5, 0.6) is 0 Å². The van der Waals surface area contributed by atoms with Gasteiger partial charge < -0.3 is 10.6 Å². The highest BCUT2D eigenvalue weighted by molar-refractivity contribution is 5.14. The normalized spacial score (nSPS) is 20.3. The fourth-order valence-electron chi connectivity index (χ4n) is 2.97. The minimum Gasteiger partial charge on any atom is -0.327 e. The average Bonchev–Trinajstić information content (AvgIpc) is 3.34. The molecule has 1 aromatic rings. The summed E-state index contributed by atoms with van der Waals surface area (Å²) in [4.78, 5) is 2.66. The van der Waals surface area contributed by atoms with Crippen LogP contribution in [0.1, 0.15) is 37.7 Å². The molecule has 0 spiro atoms.